The van der Waals surface area contributed by atoms with Gasteiger partial charge in [-0.2, -0.15) is 4.31 Å². The summed E-state index contributed by atoms with van der Waals surface area (Å²) < 4.78 is 27.6. The number of rotatable bonds is 5. The zero-order valence-electron chi connectivity index (χ0n) is 15.0. The molecule has 2 heterocycles. The van der Waals surface area contributed by atoms with Gasteiger partial charge >= 0.3 is 0 Å². The van der Waals surface area contributed by atoms with E-state index in [1.54, 1.807) is 29.6 Å². The van der Waals surface area contributed by atoms with Crippen molar-refractivity contribution in [1.82, 2.24) is 9.21 Å². The molecule has 0 aromatic heterocycles. The van der Waals surface area contributed by atoms with E-state index in [9.17, 15) is 13.2 Å². The van der Waals surface area contributed by atoms with Crippen molar-refractivity contribution in [3.05, 3.63) is 23.8 Å². The fraction of sp³-hybridized carbons (Fsp3) is 0.611. The van der Waals surface area contributed by atoms with Crippen LogP contribution in [0.25, 0.3) is 0 Å². The van der Waals surface area contributed by atoms with E-state index in [-0.39, 0.29) is 11.9 Å². The number of carbonyl (C=O) groups is 1. The summed E-state index contributed by atoms with van der Waals surface area (Å²) in [7, 11) is -1.82. The van der Waals surface area contributed by atoms with Crippen LogP contribution in [0, 0.1) is 0 Å². The predicted molar refractivity (Wildman–Crippen MR) is 98.1 cm³/mol. The number of nitrogens with zero attached hydrogens (tertiary/aromatic N) is 2. The van der Waals surface area contributed by atoms with E-state index in [2.05, 4.69) is 17.1 Å². The van der Waals surface area contributed by atoms with Crippen molar-refractivity contribution in [2.45, 2.75) is 50.0 Å². The second kappa shape index (κ2) is 7.43. The molecule has 0 spiro atoms. The summed E-state index contributed by atoms with van der Waals surface area (Å²) in [5, 5.41) is 2.80. The standard InChI is InChI=1S/C18H27N3O3S/c1-3-10-21-11-8-15(9-12-21)20(2)25(23,24)16-5-6-17-14(13-16)4-7-18(22)19-17/h5-6,13,15H,3-4,7-12H2,1-2H3,(H,19,22). The van der Waals surface area contributed by atoms with Crippen molar-refractivity contribution >= 4 is 21.6 Å². The van der Waals surface area contributed by atoms with Gasteiger partial charge in [-0.1, -0.05) is 6.92 Å². The van der Waals surface area contributed by atoms with Gasteiger partial charge in [-0.05, 0) is 69.1 Å². The molecule has 0 unspecified atom stereocenters. The summed E-state index contributed by atoms with van der Waals surface area (Å²) >= 11 is 0. The molecule has 6 nitrogen and oxygen atoms in total. The lowest BCUT2D eigenvalue weighted by Gasteiger charge is -2.36. The topological polar surface area (TPSA) is 69.7 Å². The normalized spacial score (nSPS) is 19.7. The number of hydrogen-bond acceptors (Lipinski definition) is 4. The van der Waals surface area contributed by atoms with Crippen molar-refractivity contribution in [2.75, 3.05) is 32.0 Å². The molecule has 2 aliphatic heterocycles. The lowest BCUT2D eigenvalue weighted by Crippen LogP contribution is -2.45. The SMILES string of the molecule is CCCN1CCC(N(C)S(=O)(=O)c2ccc3c(c2)CCC(=O)N3)CC1. The first-order chi connectivity index (χ1) is 11.9. The summed E-state index contributed by atoms with van der Waals surface area (Å²) in [5.74, 6) is -0.0148. The van der Waals surface area contributed by atoms with Crippen LogP contribution in [0.2, 0.25) is 0 Å². The molecule has 138 valence electrons. The molecule has 25 heavy (non-hydrogen) atoms. The molecule has 0 aliphatic carbocycles. The minimum Gasteiger partial charge on any atom is -0.326 e. The molecule has 1 amide bonds. The third kappa shape index (κ3) is 3.88. The van der Waals surface area contributed by atoms with Gasteiger partial charge < -0.3 is 10.2 Å². The van der Waals surface area contributed by atoms with Crippen LogP contribution in [-0.2, 0) is 21.2 Å². The van der Waals surface area contributed by atoms with E-state index >= 15 is 0 Å². The van der Waals surface area contributed by atoms with Crippen molar-refractivity contribution in [1.29, 1.82) is 0 Å². The fourth-order valence-corrected chi connectivity index (χ4v) is 5.17. The minimum atomic E-state index is -3.51. The Morgan fingerprint density at radius 1 is 1.24 bits per heavy atom. The second-order valence-corrected chi connectivity index (χ2v) is 8.96. The highest BCUT2D eigenvalue weighted by atomic mass is 32.2. The van der Waals surface area contributed by atoms with Crippen molar-refractivity contribution in [3.63, 3.8) is 0 Å². The van der Waals surface area contributed by atoms with E-state index in [0.29, 0.717) is 17.7 Å². The number of piperidine rings is 1. The number of amides is 1. The highest BCUT2D eigenvalue weighted by Gasteiger charge is 2.31. The van der Waals surface area contributed by atoms with E-state index in [4.69, 9.17) is 0 Å². The number of carbonyl (C=O) groups excluding carboxylic acids is 1. The maximum absolute atomic E-state index is 13.0. The van der Waals surface area contributed by atoms with Crippen LogP contribution in [0.1, 0.15) is 38.2 Å². The molecule has 0 bridgehead atoms. The van der Waals surface area contributed by atoms with Crippen LogP contribution < -0.4 is 5.32 Å². The van der Waals surface area contributed by atoms with Gasteiger partial charge in [0.25, 0.3) is 0 Å². The van der Waals surface area contributed by atoms with Crippen LogP contribution in [0.3, 0.4) is 0 Å². The first-order valence-corrected chi connectivity index (χ1v) is 10.5. The van der Waals surface area contributed by atoms with Gasteiger partial charge in [0.1, 0.15) is 0 Å². The zero-order valence-corrected chi connectivity index (χ0v) is 15.8. The van der Waals surface area contributed by atoms with Gasteiger partial charge in [0.2, 0.25) is 15.9 Å². The van der Waals surface area contributed by atoms with Gasteiger partial charge in [-0.3, -0.25) is 4.79 Å². The van der Waals surface area contributed by atoms with Gasteiger partial charge in [0.15, 0.2) is 0 Å². The molecule has 7 heteroatoms. The van der Waals surface area contributed by atoms with E-state index in [1.165, 1.54) is 0 Å². The molecular weight excluding hydrogens is 338 g/mol. The summed E-state index contributed by atoms with van der Waals surface area (Å²) in [6.07, 6.45) is 3.86. The molecule has 3 rings (SSSR count). The number of fused-ring (bicyclic) bond motifs is 1. The Balaban J connectivity index is 1.74. The molecule has 0 radical (unpaired) electrons. The molecule has 0 saturated carbocycles. The van der Waals surface area contributed by atoms with Gasteiger partial charge in [0.05, 0.1) is 4.90 Å². The summed E-state index contributed by atoms with van der Waals surface area (Å²) in [5.41, 5.74) is 1.62. The third-order valence-electron chi connectivity index (χ3n) is 5.26. The van der Waals surface area contributed by atoms with Crippen LogP contribution >= 0.6 is 0 Å². The van der Waals surface area contributed by atoms with Gasteiger partial charge in [-0.25, -0.2) is 8.42 Å². The first kappa shape index (κ1) is 18.4. The lowest BCUT2D eigenvalue weighted by atomic mass is 10.0. The molecule has 1 fully saturated rings. The Hall–Kier alpha value is -1.44. The number of aryl methyl sites for hydroxylation is 1. The molecule has 1 saturated heterocycles. The number of hydrogen-bond donors (Lipinski definition) is 1. The molecule has 1 N–H and O–H groups in total. The monoisotopic (exact) mass is 365 g/mol. The Bertz CT molecular complexity index is 740. The van der Waals surface area contributed by atoms with Crippen LogP contribution in [0.15, 0.2) is 23.1 Å². The van der Waals surface area contributed by atoms with Crippen molar-refractivity contribution < 1.29 is 13.2 Å². The lowest BCUT2D eigenvalue weighted by molar-refractivity contribution is -0.116. The van der Waals surface area contributed by atoms with Crippen LogP contribution in [-0.4, -0.2) is 56.3 Å². The highest BCUT2D eigenvalue weighted by molar-refractivity contribution is 7.89. The van der Waals surface area contributed by atoms with E-state index in [1.807, 2.05) is 0 Å². The minimum absolute atomic E-state index is 0.0148. The maximum Gasteiger partial charge on any atom is 0.243 e. The third-order valence-corrected chi connectivity index (χ3v) is 7.17. The smallest absolute Gasteiger partial charge is 0.243 e. The Kier molecular flexibility index (Phi) is 5.46. The quantitative estimate of drug-likeness (QED) is 0.867. The second-order valence-electron chi connectivity index (χ2n) is 6.96. The molecule has 1 aromatic carbocycles. The van der Waals surface area contributed by atoms with E-state index in [0.717, 1.165) is 50.1 Å². The van der Waals surface area contributed by atoms with Gasteiger partial charge in [0, 0.05) is 25.2 Å². The van der Waals surface area contributed by atoms with Crippen LogP contribution in [0.5, 0.6) is 0 Å². The maximum atomic E-state index is 13.0. The molecule has 0 atom stereocenters. The average Bonchev–Trinajstić information content (AvgIpc) is 2.61. The van der Waals surface area contributed by atoms with Gasteiger partial charge in [-0.15, -0.1) is 0 Å². The largest absolute Gasteiger partial charge is 0.326 e. The molecule has 2 aliphatic rings. The van der Waals surface area contributed by atoms with E-state index < -0.39 is 10.0 Å². The molecule has 1 aromatic rings. The first-order valence-electron chi connectivity index (χ1n) is 9.05. The predicted octanol–water partition coefficient (Wildman–Crippen LogP) is 2.07. The summed E-state index contributed by atoms with van der Waals surface area (Å²) in [4.78, 5) is 14.2. The van der Waals surface area contributed by atoms with Crippen molar-refractivity contribution in [3.8, 4) is 0 Å². The highest BCUT2D eigenvalue weighted by Crippen LogP contribution is 2.28. The summed E-state index contributed by atoms with van der Waals surface area (Å²) in [6, 6.07) is 5.07. The Labute approximate surface area is 150 Å². The molecular formula is C18H27N3O3S. The zero-order chi connectivity index (χ0) is 18.0. The fourth-order valence-electron chi connectivity index (χ4n) is 3.71. The summed E-state index contributed by atoms with van der Waals surface area (Å²) in [6.45, 7) is 5.16. The number of nitrogens with one attached hydrogen (secondary N) is 1. The average molecular weight is 365 g/mol. The van der Waals surface area contributed by atoms with Crippen LogP contribution in [0.4, 0.5) is 5.69 Å². The Morgan fingerprint density at radius 2 is 1.96 bits per heavy atom. The number of anilines is 1. The van der Waals surface area contributed by atoms with Crippen molar-refractivity contribution in [2.24, 2.45) is 0 Å². The number of sulfonamides is 1. The Morgan fingerprint density at radius 3 is 2.64 bits per heavy atom. The number of benzene rings is 1. The number of likely N-dealkylation sites (tertiary alicyclic amines) is 1.